The van der Waals surface area contributed by atoms with Gasteiger partial charge in [0, 0.05) is 5.56 Å². The molecule has 0 aliphatic carbocycles. The van der Waals surface area contributed by atoms with Crippen LogP contribution in [0.25, 0.3) is 0 Å². The number of rotatable bonds is 6. The first kappa shape index (κ1) is 14.8. The monoisotopic (exact) mass is 276 g/mol. The molecule has 0 radical (unpaired) electrons. The summed E-state index contributed by atoms with van der Waals surface area (Å²) in [5.74, 6) is 0. The summed E-state index contributed by atoms with van der Waals surface area (Å²) < 4.78 is 0. The van der Waals surface area contributed by atoms with Crippen molar-refractivity contribution in [1.29, 1.82) is 0 Å². The Bertz CT molecular complexity index is 353. The number of halogens is 2. The van der Waals surface area contributed by atoms with E-state index in [0.29, 0.717) is 10.0 Å². The topological polar surface area (TPSA) is 8.88 Å². The van der Waals surface area contributed by atoms with Crippen LogP contribution in [0, 0.1) is 0 Å². The summed E-state index contributed by atoms with van der Waals surface area (Å²) in [6.07, 6.45) is 0. The summed E-state index contributed by atoms with van der Waals surface area (Å²) in [7, 11) is 4.36. The van der Waals surface area contributed by atoms with Gasteiger partial charge in [0.15, 0.2) is 0 Å². The molecular weight excluding hydrogens is 255 g/mol. The van der Waals surface area contributed by atoms with Crippen molar-refractivity contribution in [1.82, 2.24) is 0 Å². The molecular formula is C13H22Cl2N2+2. The molecule has 4 heteroatoms. The van der Waals surface area contributed by atoms with Gasteiger partial charge in [0.05, 0.1) is 30.7 Å². The van der Waals surface area contributed by atoms with Crippen LogP contribution in [0.3, 0.4) is 0 Å². The van der Waals surface area contributed by atoms with E-state index < -0.39 is 0 Å². The van der Waals surface area contributed by atoms with Gasteiger partial charge in [-0.25, -0.2) is 0 Å². The van der Waals surface area contributed by atoms with E-state index in [0.717, 1.165) is 25.2 Å². The van der Waals surface area contributed by atoms with E-state index in [-0.39, 0.29) is 0 Å². The lowest BCUT2D eigenvalue weighted by Gasteiger charge is -2.19. The molecule has 0 amide bonds. The summed E-state index contributed by atoms with van der Waals surface area (Å²) in [6, 6.07) is 5.86. The maximum atomic E-state index is 6.21. The van der Waals surface area contributed by atoms with Gasteiger partial charge in [0.25, 0.3) is 0 Å². The van der Waals surface area contributed by atoms with Crippen LogP contribution in [0.5, 0.6) is 0 Å². The van der Waals surface area contributed by atoms with Crippen LogP contribution in [0.2, 0.25) is 10.0 Å². The van der Waals surface area contributed by atoms with E-state index in [1.807, 2.05) is 12.1 Å². The molecule has 96 valence electrons. The van der Waals surface area contributed by atoms with E-state index in [2.05, 4.69) is 27.1 Å². The highest BCUT2D eigenvalue weighted by molar-refractivity contribution is 6.42. The van der Waals surface area contributed by atoms with Gasteiger partial charge in [-0.3, -0.25) is 0 Å². The molecule has 0 saturated heterocycles. The molecule has 1 aromatic rings. The van der Waals surface area contributed by atoms with Crippen LogP contribution in [0.15, 0.2) is 18.2 Å². The zero-order chi connectivity index (χ0) is 12.8. The van der Waals surface area contributed by atoms with E-state index in [1.165, 1.54) is 16.3 Å². The second-order valence-corrected chi connectivity index (χ2v) is 5.49. The Morgan fingerprint density at radius 1 is 1.12 bits per heavy atom. The highest BCUT2D eigenvalue weighted by Gasteiger charge is 2.12. The molecule has 0 spiro atoms. The molecule has 1 unspecified atom stereocenters. The highest BCUT2D eigenvalue weighted by Crippen LogP contribution is 2.24. The molecule has 1 aromatic carbocycles. The third kappa shape index (κ3) is 4.84. The molecule has 2 nitrogen and oxygen atoms in total. The number of quaternary nitrogens is 2. The van der Waals surface area contributed by atoms with Gasteiger partial charge in [-0.05, 0) is 13.0 Å². The Hall–Kier alpha value is -0.280. The Balaban J connectivity index is 2.64. The van der Waals surface area contributed by atoms with Crippen molar-refractivity contribution < 1.29 is 9.80 Å². The maximum Gasteiger partial charge on any atom is 0.127 e. The van der Waals surface area contributed by atoms with Crippen molar-refractivity contribution in [3.8, 4) is 0 Å². The summed E-state index contributed by atoms with van der Waals surface area (Å²) >= 11 is 12.2. The Kier molecular flexibility index (Phi) is 6.28. The highest BCUT2D eigenvalue weighted by atomic mass is 35.5. The molecule has 0 aromatic heterocycles. The van der Waals surface area contributed by atoms with Crippen molar-refractivity contribution in [2.45, 2.75) is 13.5 Å². The minimum Gasteiger partial charge on any atom is -0.335 e. The number of hydrogen-bond donors (Lipinski definition) is 2. The van der Waals surface area contributed by atoms with E-state index in [1.54, 1.807) is 0 Å². The van der Waals surface area contributed by atoms with Gasteiger partial charge in [-0.15, -0.1) is 0 Å². The lowest BCUT2D eigenvalue weighted by Crippen LogP contribution is -3.17. The summed E-state index contributed by atoms with van der Waals surface area (Å²) in [5, 5.41) is 1.36. The largest absolute Gasteiger partial charge is 0.335 e. The van der Waals surface area contributed by atoms with Gasteiger partial charge in [-0.2, -0.15) is 0 Å². The molecule has 1 rings (SSSR count). The lowest BCUT2D eigenvalue weighted by atomic mass is 10.2. The third-order valence-electron chi connectivity index (χ3n) is 2.95. The van der Waals surface area contributed by atoms with Crippen molar-refractivity contribution in [2.24, 2.45) is 0 Å². The average molecular weight is 277 g/mol. The first-order chi connectivity index (χ1) is 8.04. The minimum absolute atomic E-state index is 0.651. The van der Waals surface area contributed by atoms with Crippen LogP contribution in [-0.4, -0.2) is 33.7 Å². The van der Waals surface area contributed by atoms with Gasteiger partial charge in [-0.1, -0.05) is 35.3 Å². The lowest BCUT2D eigenvalue weighted by molar-refractivity contribution is -0.949. The molecule has 0 heterocycles. The van der Waals surface area contributed by atoms with Crippen molar-refractivity contribution in [2.75, 3.05) is 33.7 Å². The van der Waals surface area contributed by atoms with E-state index in [9.17, 15) is 0 Å². The van der Waals surface area contributed by atoms with E-state index in [4.69, 9.17) is 23.2 Å². The zero-order valence-electron chi connectivity index (χ0n) is 10.8. The fraction of sp³-hybridized carbons (Fsp3) is 0.538. The maximum absolute atomic E-state index is 6.21. The first-order valence-corrected chi connectivity index (χ1v) is 6.85. The standard InChI is InChI=1S/C13H20Cl2N2/c1-4-17(9-8-16(2)3)10-11-6-5-7-12(14)13(11)15/h5-7H,4,8-10H2,1-3H3/p+2. The second kappa shape index (κ2) is 7.22. The SMILES string of the molecule is CC[NH+](CC[NH+](C)C)Cc1cccc(Cl)c1Cl. The van der Waals surface area contributed by atoms with Crippen LogP contribution in [-0.2, 0) is 6.54 Å². The quantitative estimate of drug-likeness (QED) is 0.751. The molecule has 0 bridgehead atoms. The van der Waals surface area contributed by atoms with E-state index >= 15 is 0 Å². The van der Waals surface area contributed by atoms with Crippen molar-refractivity contribution >= 4 is 23.2 Å². The van der Waals surface area contributed by atoms with Gasteiger partial charge < -0.3 is 9.80 Å². The third-order valence-corrected chi connectivity index (χ3v) is 3.81. The van der Waals surface area contributed by atoms with Crippen LogP contribution >= 0.6 is 23.2 Å². The van der Waals surface area contributed by atoms with Gasteiger partial charge >= 0.3 is 0 Å². The second-order valence-electron chi connectivity index (χ2n) is 4.70. The molecule has 0 aliphatic heterocycles. The number of hydrogen-bond acceptors (Lipinski definition) is 0. The minimum atomic E-state index is 0.651. The molecule has 2 N–H and O–H groups in total. The molecule has 1 atom stereocenters. The fourth-order valence-electron chi connectivity index (χ4n) is 1.77. The first-order valence-electron chi connectivity index (χ1n) is 6.10. The molecule has 17 heavy (non-hydrogen) atoms. The predicted molar refractivity (Wildman–Crippen MR) is 74.2 cm³/mol. The predicted octanol–water partition coefficient (Wildman–Crippen LogP) is 0.543. The summed E-state index contributed by atoms with van der Waals surface area (Å²) in [4.78, 5) is 3.02. The van der Waals surface area contributed by atoms with Crippen LogP contribution < -0.4 is 9.80 Å². The number of benzene rings is 1. The summed E-state index contributed by atoms with van der Waals surface area (Å²) in [5.41, 5.74) is 1.14. The Morgan fingerprint density at radius 2 is 1.82 bits per heavy atom. The Labute approximate surface area is 114 Å². The average Bonchev–Trinajstić information content (AvgIpc) is 2.29. The van der Waals surface area contributed by atoms with Gasteiger partial charge in [0.2, 0.25) is 0 Å². The van der Waals surface area contributed by atoms with Crippen LogP contribution in [0.1, 0.15) is 12.5 Å². The number of nitrogens with one attached hydrogen (secondary N) is 2. The van der Waals surface area contributed by atoms with Crippen molar-refractivity contribution in [3.05, 3.63) is 33.8 Å². The van der Waals surface area contributed by atoms with Crippen molar-refractivity contribution in [3.63, 3.8) is 0 Å². The molecule has 0 saturated carbocycles. The molecule has 0 aliphatic rings. The van der Waals surface area contributed by atoms with Crippen LogP contribution in [0.4, 0.5) is 0 Å². The Morgan fingerprint density at radius 3 is 2.41 bits per heavy atom. The smallest absolute Gasteiger partial charge is 0.127 e. The number of likely N-dealkylation sites (N-methyl/N-ethyl adjacent to an activating group) is 2. The summed E-state index contributed by atoms with van der Waals surface area (Å²) in [6.45, 7) is 6.58. The fourth-order valence-corrected chi connectivity index (χ4v) is 2.16. The zero-order valence-corrected chi connectivity index (χ0v) is 12.3. The normalized spacial score (nSPS) is 13.1. The molecule has 0 fully saturated rings. The van der Waals surface area contributed by atoms with Gasteiger partial charge in [0.1, 0.15) is 19.6 Å².